The van der Waals surface area contributed by atoms with Gasteiger partial charge < -0.3 is 9.73 Å². The lowest BCUT2D eigenvalue weighted by molar-refractivity contribution is -0.115. The van der Waals surface area contributed by atoms with Crippen LogP contribution < -0.4 is 5.32 Å². The minimum absolute atomic E-state index is 0.144. The molecule has 0 unspecified atom stereocenters. The first kappa shape index (κ1) is 20.2. The topological polar surface area (TPSA) is 68.0 Å². The molecule has 7 heteroatoms. The summed E-state index contributed by atoms with van der Waals surface area (Å²) in [5.74, 6) is 0.242. The smallest absolute Gasteiger partial charge is 0.277 e. The Labute approximate surface area is 183 Å². The minimum Gasteiger partial charge on any atom is -0.411 e. The summed E-state index contributed by atoms with van der Waals surface area (Å²) >= 11 is 7.12. The van der Waals surface area contributed by atoms with Crippen molar-refractivity contribution in [2.75, 3.05) is 5.32 Å². The van der Waals surface area contributed by atoms with Gasteiger partial charge in [-0.1, -0.05) is 71.9 Å². The first-order valence-electron chi connectivity index (χ1n) is 9.31. The van der Waals surface area contributed by atoms with E-state index in [1.54, 1.807) is 31.2 Å². The van der Waals surface area contributed by atoms with Crippen molar-refractivity contribution in [2.24, 2.45) is 0 Å². The van der Waals surface area contributed by atoms with Gasteiger partial charge in [0.1, 0.15) is 0 Å². The molecule has 0 aliphatic heterocycles. The van der Waals surface area contributed by atoms with Crippen molar-refractivity contribution >= 4 is 35.0 Å². The van der Waals surface area contributed by atoms with Crippen LogP contribution in [0.2, 0.25) is 5.02 Å². The SMILES string of the molecule is C[C@H](Sc1nnc(-c2ccc(Cl)cc2)o1)C(=O)Nc1ccccc1-c1ccccc1. The molecular weight excluding hydrogens is 418 g/mol. The number of carbonyl (C=O) groups is 1. The number of benzene rings is 3. The molecule has 30 heavy (non-hydrogen) atoms. The summed E-state index contributed by atoms with van der Waals surface area (Å²) in [5.41, 5.74) is 3.53. The third-order valence-corrected chi connectivity index (χ3v) is 5.60. The highest BCUT2D eigenvalue weighted by molar-refractivity contribution is 8.00. The second-order valence-electron chi connectivity index (χ2n) is 6.54. The monoisotopic (exact) mass is 435 g/mol. The van der Waals surface area contributed by atoms with E-state index in [0.717, 1.165) is 22.4 Å². The first-order valence-corrected chi connectivity index (χ1v) is 10.6. The van der Waals surface area contributed by atoms with Gasteiger partial charge in [-0.25, -0.2) is 0 Å². The molecule has 4 rings (SSSR count). The van der Waals surface area contributed by atoms with Gasteiger partial charge in [0.2, 0.25) is 11.8 Å². The Morgan fingerprint density at radius 1 is 0.933 bits per heavy atom. The lowest BCUT2D eigenvalue weighted by Crippen LogP contribution is -2.22. The van der Waals surface area contributed by atoms with E-state index in [4.69, 9.17) is 16.0 Å². The molecule has 0 aliphatic carbocycles. The van der Waals surface area contributed by atoms with Crippen LogP contribution in [0.15, 0.2) is 88.5 Å². The molecule has 1 amide bonds. The van der Waals surface area contributed by atoms with Crippen LogP contribution >= 0.6 is 23.4 Å². The predicted octanol–water partition coefficient (Wildman–Crippen LogP) is 6.18. The average Bonchev–Trinajstić information content (AvgIpc) is 3.23. The summed E-state index contributed by atoms with van der Waals surface area (Å²) in [6, 6.07) is 24.8. The lowest BCUT2D eigenvalue weighted by atomic mass is 10.0. The fourth-order valence-corrected chi connectivity index (χ4v) is 3.68. The van der Waals surface area contributed by atoms with Gasteiger partial charge in [0.25, 0.3) is 5.22 Å². The number of thioether (sulfide) groups is 1. The molecular formula is C23H18ClN3O2S. The molecule has 5 nitrogen and oxygen atoms in total. The van der Waals surface area contributed by atoms with Gasteiger partial charge in [-0.2, -0.15) is 0 Å². The van der Waals surface area contributed by atoms with Crippen molar-refractivity contribution in [1.29, 1.82) is 0 Å². The molecule has 150 valence electrons. The number of halogens is 1. The van der Waals surface area contributed by atoms with Gasteiger partial charge in [-0.15, -0.1) is 10.2 Å². The molecule has 0 bridgehead atoms. The fourth-order valence-electron chi connectivity index (χ4n) is 2.87. The second kappa shape index (κ2) is 9.15. The van der Waals surface area contributed by atoms with Crippen LogP contribution in [0.1, 0.15) is 6.92 Å². The molecule has 0 spiro atoms. The summed E-state index contributed by atoms with van der Waals surface area (Å²) in [6.07, 6.45) is 0. The Morgan fingerprint density at radius 2 is 1.63 bits per heavy atom. The molecule has 1 aromatic heterocycles. The normalized spacial score (nSPS) is 11.8. The van der Waals surface area contributed by atoms with Gasteiger partial charge in [0.05, 0.1) is 5.25 Å². The molecule has 1 heterocycles. The Hall–Kier alpha value is -3.09. The Morgan fingerprint density at radius 3 is 2.40 bits per heavy atom. The highest BCUT2D eigenvalue weighted by Gasteiger charge is 2.20. The maximum absolute atomic E-state index is 12.8. The standard InChI is InChI=1S/C23H18ClN3O2S/c1-15(30-23-27-26-22(29-23)17-11-13-18(24)14-12-17)21(28)25-20-10-6-5-9-19(20)16-7-3-2-4-8-16/h2-15H,1H3,(H,25,28)/t15-/m0/s1. The number of aromatic nitrogens is 2. The van der Waals surface area contributed by atoms with Crippen molar-refractivity contribution < 1.29 is 9.21 Å². The Balaban J connectivity index is 1.45. The van der Waals surface area contributed by atoms with E-state index in [1.165, 1.54) is 11.8 Å². The third kappa shape index (κ3) is 4.72. The fraction of sp³-hybridized carbons (Fsp3) is 0.0870. The van der Waals surface area contributed by atoms with Crippen LogP contribution in [0.3, 0.4) is 0 Å². The largest absolute Gasteiger partial charge is 0.411 e. The summed E-state index contributed by atoms with van der Waals surface area (Å²) in [5, 5.41) is 11.6. The van der Waals surface area contributed by atoms with Gasteiger partial charge in [0, 0.05) is 21.8 Å². The van der Waals surface area contributed by atoms with E-state index in [1.807, 2.05) is 54.6 Å². The lowest BCUT2D eigenvalue weighted by Gasteiger charge is -2.14. The van der Waals surface area contributed by atoms with Gasteiger partial charge >= 0.3 is 0 Å². The summed E-state index contributed by atoms with van der Waals surface area (Å²) in [6.45, 7) is 1.80. The predicted molar refractivity (Wildman–Crippen MR) is 121 cm³/mol. The molecule has 0 fully saturated rings. The number of hydrogen-bond donors (Lipinski definition) is 1. The summed E-state index contributed by atoms with van der Waals surface area (Å²) in [7, 11) is 0. The quantitative estimate of drug-likeness (QED) is 0.366. The summed E-state index contributed by atoms with van der Waals surface area (Å²) in [4.78, 5) is 12.8. The van der Waals surface area contributed by atoms with Gasteiger partial charge in [-0.3, -0.25) is 4.79 Å². The van der Waals surface area contributed by atoms with Gasteiger partial charge in [-0.05, 0) is 42.8 Å². The van der Waals surface area contributed by atoms with Crippen molar-refractivity contribution in [3.05, 3.63) is 83.9 Å². The van der Waals surface area contributed by atoms with Crippen LogP contribution in [0.5, 0.6) is 0 Å². The molecule has 1 N–H and O–H groups in total. The van der Waals surface area contributed by atoms with Gasteiger partial charge in [0.15, 0.2) is 0 Å². The minimum atomic E-state index is -0.424. The van der Waals surface area contributed by atoms with E-state index in [2.05, 4.69) is 15.5 Å². The van der Waals surface area contributed by atoms with Crippen LogP contribution in [0.25, 0.3) is 22.6 Å². The highest BCUT2D eigenvalue weighted by Crippen LogP contribution is 2.30. The number of amides is 1. The molecule has 0 aliphatic rings. The number of hydrogen-bond acceptors (Lipinski definition) is 5. The number of para-hydroxylation sites is 1. The van der Waals surface area contributed by atoms with Crippen molar-refractivity contribution in [1.82, 2.24) is 10.2 Å². The Kier molecular flexibility index (Phi) is 6.16. The third-order valence-electron chi connectivity index (χ3n) is 4.41. The molecule has 3 aromatic carbocycles. The van der Waals surface area contributed by atoms with E-state index < -0.39 is 5.25 Å². The van der Waals surface area contributed by atoms with Crippen molar-refractivity contribution in [2.45, 2.75) is 17.4 Å². The zero-order valence-corrected chi connectivity index (χ0v) is 17.7. The number of nitrogens with one attached hydrogen (secondary N) is 1. The Bertz CT molecular complexity index is 1150. The van der Waals surface area contributed by atoms with E-state index >= 15 is 0 Å². The van der Waals surface area contributed by atoms with E-state index in [-0.39, 0.29) is 5.91 Å². The summed E-state index contributed by atoms with van der Waals surface area (Å²) < 4.78 is 5.69. The molecule has 0 radical (unpaired) electrons. The van der Waals surface area contributed by atoms with Crippen molar-refractivity contribution in [3.8, 4) is 22.6 Å². The average molecular weight is 436 g/mol. The van der Waals surface area contributed by atoms with Crippen LogP contribution in [-0.4, -0.2) is 21.4 Å². The first-order chi connectivity index (χ1) is 14.6. The maximum atomic E-state index is 12.8. The number of anilines is 1. The second-order valence-corrected chi connectivity index (χ2v) is 8.27. The molecule has 0 saturated heterocycles. The molecule has 0 saturated carbocycles. The number of carbonyl (C=O) groups excluding carboxylic acids is 1. The van der Waals surface area contributed by atoms with E-state index in [9.17, 15) is 4.79 Å². The highest BCUT2D eigenvalue weighted by atomic mass is 35.5. The number of nitrogens with zero attached hydrogens (tertiary/aromatic N) is 2. The van der Waals surface area contributed by atoms with Crippen LogP contribution in [-0.2, 0) is 4.79 Å². The van der Waals surface area contributed by atoms with Crippen molar-refractivity contribution in [3.63, 3.8) is 0 Å². The van der Waals surface area contributed by atoms with E-state index in [0.29, 0.717) is 16.1 Å². The maximum Gasteiger partial charge on any atom is 0.277 e. The zero-order valence-electron chi connectivity index (χ0n) is 16.1. The molecule has 1 atom stereocenters. The van der Waals surface area contributed by atoms with Crippen LogP contribution in [0.4, 0.5) is 5.69 Å². The molecule has 4 aromatic rings. The zero-order chi connectivity index (χ0) is 20.9. The van der Waals surface area contributed by atoms with Crippen LogP contribution in [0, 0.1) is 0 Å². The number of rotatable bonds is 6.